The van der Waals surface area contributed by atoms with E-state index in [2.05, 4.69) is 17.3 Å². The molecule has 1 saturated heterocycles. The Bertz CT molecular complexity index is 474. The zero-order chi connectivity index (χ0) is 15.5. The quantitative estimate of drug-likeness (QED) is 0.660. The molecule has 7 heteroatoms. The van der Waals surface area contributed by atoms with E-state index in [1.165, 1.54) is 0 Å². The summed E-state index contributed by atoms with van der Waals surface area (Å²) in [6.07, 6.45) is 0.646. The third-order valence-corrected chi connectivity index (χ3v) is 3.83. The first-order valence-electron chi connectivity index (χ1n) is 7.28. The molecule has 0 saturated carbocycles. The Kier molecular flexibility index (Phi) is 4.92. The number of rotatable bonds is 4. The highest BCUT2D eigenvalue weighted by molar-refractivity contribution is 5.51. The first kappa shape index (κ1) is 15.9. The standard InChI is InChI=1S/C14H21F3N4/c1-2-5-11-6-3-4-7-21(11)13-9-10(14(15,16)17)8-12(19-13)20-18/h8-9,11H,2-7,18H2,1H3,(H,19,20). The van der Waals surface area contributed by atoms with Crippen LogP contribution in [-0.4, -0.2) is 17.6 Å². The molecule has 1 aromatic heterocycles. The topological polar surface area (TPSA) is 54.2 Å². The number of hydrogen-bond acceptors (Lipinski definition) is 4. The van der Waals surface area contributed by atoms with Crippen LogP contribution in [0.3, 0.4) is 0 Å². The van der Waals surface area contributed by atoms with Crippen LogP contribution in [0.25, 0.3) is 0 Å². The summed E-state index contributed by atoms with van der Waals surface area (Å²) in [5, 5.41) is 0. The van der Waals surface area contributed by atoms with Crippen molar-refractivity contribution in [2.75, 3.05) is 16.9 Å². The zero-order valence-corrected chi connectivity index (χ0v) is 12.1. The average Bonchev–Trinajstić information content (AvgIpc) is 2.47. The number of nitrogens with two attached hydrogens (primary N) is 1. The second kappa shape index (κ2) is 6.51. The highest BCUT2D eigenvalue weighted by Crippen LogP contribution is 2.34. The van der Waals surface area contributed by atoms with E-state index in [-0.39, 0.29) is 11.9 Å². The second-order valence-corrected chi connectivity index (χ2v) is 5.37. The van der Waals surface area contributed by atoms with Crippen molar-refractivity contribution in [2.24, 2.45) is 5.84 Å². The van der Waals surface area contributed by atoms with Crippen molar-refractivity contribution in [3.05, 3.63) is 17.7 Å². The smallest absolute Gasteiger partial charge is 0.354 e. The molecule has 2 rings (SSSR count). The summed E-state index contributed by atoms with van der Waals surface area (Å²) < 4.78 is 38.9. The maximum atomic E-state index is 13.0. The van der Waals surface area contributed by atoms with Crippen LogP contribution in [-0.2, 0) is 6.18 Å². The normalized spacial score (nSPS) is 19.7. The SMILES string of the molecule is CCCC1CCCCN1c1cc(C(F)(F)F)cc(NN)n1. The molecular formula is C14H21F3N4. The molecule has 0 amide bonds. The molecule has 4 nitrogen and oxygen atoms in total. The van der Waals surface area contributed by atoms with E-state index in [0.29, 0.717) is 5.82 Å². The Morgan fingerprint density at radius 3 is 2.76 bits per heavy atom. The van der Waals surface area contributed by atoms with Gasteiger partial charge in [0.2, 0.25) is 0 Å². The third kappa shape index (κ3) is 3.78. The number of nitrogen functional groups attached to an aromatic ring is 1. The van der Waals surface area contributed by atoms with Gasteiger partial charge in [-0.15, -0.1) is 0 Å². The molecule has 1 aliphatic heterocycles. The molecule has 1 aliphatic rings. The fourth-order valence-electron chi connectivity index (χ4n) is 2.84. The summed E-state index contributed by atoms with van der Waals surface area (Å²) in [7, 11) is 0. The molecule has 0 aliphatic carbocycles. The Labute approximate surface area is 122 Å². The number of hydrogen-bond donors (Lipinski definition) is 2. The summed E-state index contributed by atoms with van der Waals surface area (Å²) in [4.78, 5) is 6.20. The molecule has 21 heavy (non-hydrogen) atoms. The number of aromatic nitrogens is 1. The van der Waals surface area contributed by atoms with Gasteiger partial charge in [-0.05, 0) is 37.8 Å². The number of nitrogens with zero attached hydrogens (tertiary/aromatic N) is 2. The number of halogens is 3. The van der Waals surface area contributed by atoms with E-state index in [1.54, 1.807) is 0 Å². The maximum absolute atomic E-state index is 13.0. The predicted molar refractivity (Wildman–Crippen MR) is 76.9 cm³/mol. The molecular weight excluding hydrogens is 281 g/mol. The van der Waals surface area contributed by atoms with Gasteiger partial charge in [-0.2, -0.15) is 13.2 Å². The lowest BCUT2D eigenvalue weighted by Crippen LogP contribution is -2.40. The van der Waals surface area contributed by atoms with Crippen LogP contribution in [0.4, 0.5) is 24.8 Å². The zero-order valence-electron chi connectivity index (χ0n) is 12.1. The van der Waals surface area contributed by atoms with E-state index in [9.17, 15) is 13.2 Å². The highest BCUT2D eigenvalue weighted by Gasteiger charge is 2.33. The third-order valence-electron chi connectivity index (χ3n) is 3.83. The van der Waals surface area contributed by atoms with E-state index >= 15 is 0 Å². The molecule has 1 unspecified atom stereocenters. The Balaban J connectivity index is 2.36. The van der Waals surface area contributed by atoms with Crippen LogP contribution in [0.2, 0.25) is 0 Å². The van der Waals surface area contributed by atoms with Crippen LogP contribution in [0, 0.1) is 0 Å². The first-order chi connectivity index (χ1) is 9.95. The van der Waals surface area contributed by atoms with Gasteiger partial charge in [-0.3, -0.25) is 0 Å². The minimum atomic E-state index is -4.40. The van der Waals surface area contributed by atoms with Gasteiger partial charge in [0.1, 0.15) is 11.6 Å². The summed E-state index contributed by atoms with van der Waals surface area (Å²) in [5.41, 5.74) is 1.51. The minimum absolute atomic E-state index is 0.0423. The van der Waals surface area contributed by atoms with E-state index in [4.69, 9.17) is 5.84 Å². The number of pyridine rings is 1. The molecule has 0 bridgehead atoms. The van der Waals surface area contributed by atoms with Crippen molar-refractivity contribution in [3.8, 4) is 0 Å². The molecule has 1 atom stereocenters. The molecule has 1 fully saturated rings. The summed E-state index contributed by atoms with van der Waals surface area (Å²) in [5.74, 6) is 5.65. The van der Waals surface area contributed by atoms with Crippen LogP contribution in [0.5, 0.6) is 0 Å². The van der Waals surface area contributed by atoms with Crippen LogP contribution < -0.4 is 16.2 Å². The van der Waals surface area contributed by atoms with Gasteiger partial charge in [0.05, 0.1) is 5.56 Å². The van der Waals surface area contributed by atoms with Gasteiger partial charge < -0.3 is 10.3 Å². The molecule has 2 heterocycles. The maximum Gasteiger partial charge on any atom is 0.416 e. The number of hydrazine groups is 1. The monoisotopic (exact) mass is 302 g/mol. The minimum Gasteiger partial charge on any atom is -0.354 e. The predicted octanol–water partition coefficient (Wildman–Crippen LogP) is 3.55. The molecule has 0 aromatic carbocycles. The second-order valence-electron chi connectivity index (χ2n) is 5.37. The van der Waals surface area contributed by atoms with Crippen molar-refractivity contribution in [1.29, 1.82) is 0 Å². The van der Waals surface area contributed by atoms with Crippen molar-refractivity contribution < 1.29 is 13.2 Å². The van der Waals surface area contributed by atoms with Gasteiger partial charge in [0, 0.05) is 12.6 Å². The van der Waals surface area contributed by atoms with Gasteiger partial charge >= 0.3 is 6.18 Å². The Morgan fingerprint density at radius 1 is 1.38 bits per heavy atom. The van der Waals surface area contributed by atoms with Gasteiger partial charge in [0.25, 0.3) is 0 Å². The number of alkyl halides is 3. The van der Waals surface area contributed by atoms with Crippen LogP contribution in [0.15, 0.2) is 12.1 Å². The summed E-state index contributed by atoms with van der Waals surface area (Å²) in [6.45, 7) is 2.82. The van der Waals surface area contributed by atoms with Gasteiger partial charge in [-0.1, -0.05) is 13.3 Å². The van der Waals surface area contributed by atoms with E-state index < -0.39 is 11.7 Å². The lowest BCUT2D eigenvalue weighted by atomic mass is 9.98. The molecule has 118 valence electrons. The van der Waals surface area contributed by atoms with Crippen molar-refractivity contribution in [1.82, 2.24) is 4.98 Å². The molecule has 1 aromatic rings. The highest BCUT2D eigenvalue weighted by atomic mass is 19.4. The summed E-state index contributed by atoms with van der Waals surface area (Å²) >= 11 is 0. The van der Waals surface area contributed by atoms with Gasteiger partial charge in [-0.25, -0.2) is 10.8 Å². The van der Waals surface area contributed by atoms with Crippen LogP contribution in [0.1, 0.15) is 44.6 Å². The fourth-order valence-corrected chi connectivity index (χ4v) is 2.84. The van der Waals surface area contributed by atoms with Crippen molar-refractivity contribution in [3.63, 3.8) is 0 Å². The largest absolute Gasteiger partial charge is 0.416 e. The Hall–Kier alpha value is -1.50. The average molecular weight is 302 g/mol. The molecule has 3 N–H and O–H groups in total. The number of anilines is 2. The number of nitrogens with one attached hydrogen (secondary N) is 1. The fraction of sp³-hybridized carbons (Fsp3) is 0.643. The Morgan fingerprint density at radius 2 is 2.14 bits per heavy atom. The van der Waals surface area contributed by atoms with Crippen LogP contribution >= 0.6 is 0 Å². The lowest BCUT2D eigenvalue weighted by molar-refractivity contribution is -0.137. The lowest BCUT2D eigenvalue weighted by Gasteiger charge is -2.37. The number of piperidine rings is 1. The van der Waals surface area contributed by atoms with Crippen molar-refractivity contribution >= 4 is 11.6 Å². The first-order valence-corrected chi connectivity index (χ1v) is 7.28. The van der Waals surface area contributed by atoms with E-state index in [1.807, 2.05) is 4.90 Å². The van der Waals surface area contributed by atoms with E-state index in [0.717, 1.165) is 50.8 Å². The van der Waals surface area contributed by atoms with Gasteiger partial charge in [0.15, 0.2) is 0 Å². The van der Waals surface area contributed by atoms with Crippen molar-refractivity contribution in [2.45, 2.75) is 51.2 Å². The molecule has 0 spiro atoms. The summed E-state index contributed by atoms with van der Waals surface area (Å²) in [6, 6.07) is 2.31. The molecule has 0 radical (unpaired) electrons.